The number of Topliss-reactive ketones (excluding diaryl/α,β-unsaturated/α-hetero) is 1. The molecule has 0 amide bonds. The van der Waals surface area contributed by atoms with Crippen LogP contribution in [0.5, 0.6) is 0 Å². The Kier molecular flexibility index (Phi) is 5.75. The van der Waals surface area contributed by atoms with Crippen LogP contribution >= 0.6 is 23.2 Å². The first-order chi connectivity index (χ1) is 14.2. The number of rotatable bonds is 3. The molecular weight excluding hydrogens is 421 g/mol. The summed E-state index contributed by atoms with van der Waals surface area (Å²) < 4.78 is 5.85. The minimum Gasteiger partial charge on any atom is -0.459 e. The van der Waals surface area contributed by atoms with Crippen LogP contribution in [0.3, 0.4) is 0 Å². The van der Waals surface area contributed by atoms with E-state index in [1.165, 1.54) is 0 Å². The van der Waals surface area contributed by atoms with Crippen LogP contribution in [0.25, 0.3) is 0 Å². The number of benzene rings is 1. The van der Waals surface area contributed by atoms with Gasteiger partial charge in [0.05, 0.1) is 5.57 Å². The molecule has 1 saturated carbocycles. The molecule has 1 N–H and O–H groups in total. The van der Waals surface area contributed by atoms with Gasteiger partial charge in [-0.2, -0.15) is 0 Å². The van der Waals surface area contributed by atoms with E-state index in [0.29, 0.717) is 33.2 Å². The fraction of sp³-hybridized carbons (Fsp3) is 0.500. The van der Waals surface area contributed by atoms with Crippen LogP contribution in [0.15, 0.2) is 40.7 Å². The lowest BCUT2D eigenvalue weighted by molar-refractivity contribution is -0.144. The number of nitrogens with one attached hydrogen (secondary N) is 1. The van der Waals surface area contributed by atoms with Crippen LogP contribution in [0.4, 0.5) is 0 Å². The van der Waals surface area contributed by atoms with E-state index in [0.717, 1.165) is 43.5 Å². The van der Waals surface area contributed by atoms with Gasteiger partial charge in [-0.3, -0.25) is 4.79 Å². The summed E-state index contributed by atoms with van der Waals surface area (Å²) in [5, 5.41) is 4.31. The summed E-state index contributed by atoms with van der Waals surface area (Å²) in [6, 6.07) is 5.22. The Morgan fingerprint density at radius 3 is 2.53 bits per heavy atom. The highest BCUT2D eigenvalue weighted by Crippen LogP contribution is 2.48. The Morgan fingerprint density at radius 1 is 1.17 bits per heavy atom. The van der Waals surface area contributed by atoms with E-state index in [1.807, 2.05) is 13.0 Å². The van der Waals surface area contributed by atoms with Crippen molar-refractivity contribution in [3.05, 3.63) is 56.3 Å². The Balaban J connectivity index is 1.82. The zero-order valence-electron chi connectivity index (χ0n) is 17.6. The third kappa shape index (κ3) is 4.04. The molecule has 2 aliphatic carbocycles. The third-order valence-electron chi connectivity index (χ3n) is 6.31. The lowest BCUT2D eigenvalue weighted by atomic mass is 9.68. The maximum absolute atomic E-state index is 13.3. The van der Waals surface area contributed by atoms with Gasteiger partial charge in [-0.1, -0.05) is 43.1 Å². The van der Waals surface area contributed by atoms with E-state index in [-0.39, 0.29) is 23.3 Å². The second kappa shape index (κ2) is 8.05. The number of halogens is 2. The van der Waals surface area contributed by atoms with Gasteiger partial charge in [-0.15, -0.1) is 0 Å². The molecule has 0 spiro atoms. The number of ketones is 1. The van der Waals surface area contributed by atoms with Crippen molar-refractivity contribution in [3.8, 4) is 0 Å². The van der Waals surface area contributed by atoms with E-state index in [4.69, 9.17) is 27.9 Å². The summed E-state index contributed by atoms with van der Waals surface area (Å²) in [5.74, 6) is -0.876. The summed E-state index contributed by atoms with van der Waals surface area (Å²) in [6.07, 6.45) is 5.03. The van der Waals surface area contributed by atoms with Gasteiger partial charge in [0, 0.05) is 39.4 Å². The quantitative estimate of drug-likeness (QED) is 0.569. The predicted molar refractivity (Wildman–Crippen MR) is 118 cm³/mol. The average Bonchev–Trinajstić information content (AvgIpc) is 3.12. The van der Waals surface area contributed by atoms with E-state index in [1.54, 1.807) is 12.1 Å². The summed E-state index contributed by atoms with van der Waals surface area (Å²) in [5.41, 5.74) is 3.26. The normalized spacial score (nSPS) is 24.0. The van der Waals surface area contributed by atoms with Crippen molar-refractivity contribution < 1.29 is 14.3 Å². The van der Waals surface area contributed by atoms with Gasteiger partial charge in [0.25, 0.3) is 0 Å². The minimum absolute atomic E-state index is 0.0448. The van der Waals surface area contributed by atoms with Gasteiger partial charge >= 0.3 is 5.97 Å². The standard InChI is InChI=1S/C24H27Cl2NO3/c1-13-20(23(29)30-15-6-4-5-7-15)21(16-9-8-14(25)10-17(16)26)22-18(27-13)11-24(2,3)12-19(22)28/h8-10,15,21,27H,4-7,11-12H2,1-3H3. The Hall–Kier alpha value is -1.78. The molecule has 1 aliphatic heterocycles. The monoisotopic (exact) mass is 447 g/mol. The van der Waals surface area contributed by atoms with Crippen molar-refractivity contribution in [3.63, 3.8) is 0 Å². The van der Waals surface area contributed by atoms with E-state index < -0.39 is 5.92 Å². The Bertz CT molecular complexity index is 971. The molecule has 6 heteroatoms. The highest BCUT2D eigenvalue weighted by atomic mass is 35.5. The number of carbonyl (C=O) groups is 2. The fourth-order valence-corrected chi connectivity index (χ4v) is 5.49. The van der Waals surface area contributed by atoms with Crippen LogP contribution < -0.4 is 5.32 Å². The minimum atomic E-state index is -0.552. The van der Waals surface area contributed by atoms with Gasteiger partial charge in [0.15, 0.2) is 5.78 Å². The Labute approximate surface area is 187 Å². The molecule has 0 radical (unpaired) electrons. The maximum Gasteiger partial charge on any atom is 0.337 e. The zero-order valence-corrected chi connectivity index (χ0v) is 19.1. The van der Waals surface area contributed by atoms with Crippen molar-refractivity contribution in [1.82, 2.24) is 5.32 Å². The molecule has 0 aromatic heterocycles. The molecule has 1 aromatic carbocycles. The lowest BCUT2D eigenvalue weighted by Gasteiger charge is -2.39. The van der Waals surface area contributed by atoms with Crippen molar-refractivity contribution in [2.24, 2.45) is 5.41 Å². The second-order valence-electron chi connectivity index (χ2n) is 9.41. The van der Waals surface area contributed by atoms with Gasteiger partial charge in [-0.25, -0.2) is 4.79 Å². The predicted octanol–water partition coefficient (Wildman–Crippen LogP) is 6.08. The summed E-state index contributed by atoms with van der Waals surface area (Å²) in [7, 11) is 0. The van der Waals surface area contributed by atoms with Crippen LogP contribution in [0, 0.1) is 5.41 Å². The van der Waals surface area contributed by atoms with Gasteiger partial charge < -0.3 is 10.1 Å². The number of esters is 1. The third-order valence-corrected chi connectivity index (χ3v) is 6.87. The molecule has 160 valence electrons. The molecule has 1 heterocycles. The van der Waals surface area contributed by atoms with Gasteiger partial charge in [0.1, 0.15) is 6.10 Å². The number of hydrogen-bond acceptors (Lipinski definition) is 4. The maximum atomic E-state index is 13.3. The van der Waals surface area contributed by atoms with E-state index in [9.17, 15) is 9.59 Å². The number of allylic oxidation sites excluding steroid dienone is 3. The molecule has 30 heavy (non-hydrogen) atoms. The van der Waals surface area contributed by atoms with Crippen LogP contribution in [-0.4, -0.2) is 17.9 Å². The van der Waals surface area contributed by atoms with Crippen LogP contribution in [0.2, 0.25) is 10.0 Å². The highest BCUT2D eigenvalue weighted by molar-refractivity contribution is 6.35. The number of dihydropyridines is 1. The molecule has 1 unspecified atom stereocenters. The number of hydrogen-bond donors (Lipinski definition) is 1. The van der Waals surface area contributed by atoms with Crippen molar-refractivity contribution in [2.45, 2.75) is 71.3 Å². The lowest BCUT2D eigenvalue weighted by Crippen LogP contribution is -2.39. The number of carbonyl (C=O) groups excluding carboxylic acids is 2. The molecule has 0 saturated heterocycles. The molecule has 1 aromatic rings. The first-order valence-electron chi connectivity index (χ1n) is 10.6. The van der Waals surface area contributed by atoms with Crippen LogP contribution in [-0.2, 0) is 14.3 Å². The SMILES string of the molecule is CC1=C(C(=O)OC2CCCC2)C(c2ccc(Cl)cc2Cl)C2=C(CC(C)(C)CC2=O)N1. The molecule has 4 rings (SSSR count). The largest absolute Gasteiger partial charge is 0.459 e. The first kappa shape index (κ1) is 21.5. The summed E-state index contributed by atoms with van der Waals surface area (Å²) in [6.45, 7) is 6.05. The van der Waals surface area contributed by atoms with Crippen molar-refractivity contribution >= 4 is 35.0 Å². The zero-order chi connectivity index (χ0) is 21.6. The molecule has 1 atom stereocenters. The highest BCUT2D eigenvalue weighted by Gasteiger charge is 2.44. The van der Waals surface area contributed by atoms with Crippen molar-refractivity contribution in [2.75, 3.05) is 0 Å². The topological polar surface area (TPSA) is 55.4 Å². The van der Waals surface area contributed by atoms with Crippen LogP contribution in [0.1, 0.15) is 70.8 Å². The summed E-state index contributed by atoms with van der Waals surface area (Å²) >= 11 is 12.7. The average molecular weight is 448 g/mol. The smallest absolute Gasteiger partial charge is 0.337 e. The first-order valence-corrected chi connectivity index (χ1v) is 11.3. The molecule has 1 fully saturated rings. The molecule has 3 aliphatic rings. The Morgan fingerprint density at radius 2 is 1.87 bits per heavy atom. The fourth-order valence-electron chi connectivity index (χ4n) is 4.97. The van der Waals surface area contributed by atoms with Gasteiger partial charge in [0.2, 0.25) is 0 Å². The molecule has 0 bridgehead atoms. The molecular formula is C24H27Cl2NO3. The number of ether oxygens (including phenoxy) is 1. The van der Waals surface area contributed by atoms with E-state index in [2.05, 4.69) is 19.2 Å². The van der Waals surface area contributed by atoms with Gasteiger partial charge in [-0.05, 0) is 62.1 Å². The van der Waals surface area contributed by atoms with E-state index >= 15 is 0 Å². The van der Waals surface area contributed by atoms with Crippen molar-refractivity contribution in [1.29, 1.82) is 0 Å². The molecule has 4 nitrogen and oxygen atoms in total. The summed E-state index contributed by atoms with van der Waals surface area (Å²) in [4.78, 5) is 26.6. The second-order valence-corrected chi connectivity index (χ2v) is 10.3.